The van der Waals surface area contributed by atoms with Crippen LogP contribution in [-0.2, 0) is 32.8 Å². The zero-order valence-corrected chi connectivity index (χ0v) is 16.5. The van der Waals surface area contributed by atoms with E-state index in [0.29, 0.717) is 37.4 Å². The second-order valence-electron chi connectivity index (χ2n) is 7.21. The van der Waals surface area contributed by atoms with Gasteiger partial charge in [-0.05, 0) is 30.9 Å². The van der Waals surface area contributed by atoms with Gasteiger partial charge in [-0.2, -0.15) is 4.31 Å². The van der Waals surface area contributed by atoms with Gasteiger partial charge in [0.1, 0.15) is 5.76 Å². The molecule has 2 aliphatic rings. The second-order valence-corrected chi connectivity index (χ2v) is 11.5. The van der Waals surface area contributed by atoms with Crippen LogP contribution in [0.3, 0.4) is 0 Å². The van der Waals surface area contributed by atoms with Gasteiger partial charge in [-0.3, -0.25) is 0 Å². The molecule has 3 heterocycles. The molecule has 27 heavy (non-hydrogen) atoms. The van der Waals surface area contributed by atoms with Crippen molar-refractivity contribution < 1.29 is 21.3 Å². The second kappa shape index (κ2) is 7.03. The SMILES string of the molecule is O=S1(=O)CCC(CCS(=O)(=O)N2CCc3oc(-c4ccccc4)nc3C2)C1. The van der Waals surface area contributed by atoms with Crippen LogP contribution in [0, 0.1) is 5.92 Å². The zero-order chi connectivity index (χ0) is 19.1. The van der Waals surface area contributed by atoms with Crippen LogP contribution in [0.2, 0.25) is 0 Å². The molecule has 1 aromatic heterocycles. The lowest BCUT2D eigenvalue weighted by Gasteiger charge is -2.25. The number of hydrogen-bond donors (Lipinski definition) is 0. The Bertz CT molecular complexity index is 1030. The van der Waals surface area contributed by atoms with E-state index >= 15 is 0 Å². The van der Waals surface area contributed by atoms with Gasteiger partial charge in [-0.25, -0.2) is 21.8 Å². The van der Waals surface area contributed by atoms with E-state index < -0.39 is 19.9 Å². The van der Waals surface area contributed by atoms with Crippen LogP contribution in [-0.4, -0.2) is 49.9 Å². The Balaban J connectivity index is 1.43. The lowest BCUT2D eigenvalue weighted by molar-refractivity contribution is 0.360. The number of sulfone groups is 1. The van der Waals surface area contributed by atoms with Crippen LogP contribution in [0.15, 0.2) is 34.7 Å². The van der Waals surface area contributed by atoms with Crippen molar-refractivity contribution in [2.24, 2.45) is 5.92 Å². The van der Waals surface area contributed by atoms with Crippen molar-refractivity contribution in [1.29, 1.82) is 0 Å². The normalized spacial score (nSPS) is 22.6. The first-order valence-electron chi connectivity index (χ1n) is 9.05. The average Bonchev–Trinajstić information content (AvgIpc) is 3.23. The molecule has 1 atom stereocenters. The van der Waals surface area contributed by atoms with Crippen molar-refractivity contribution >= 4 is 19.9 Å². The van der Waals surface area contributed by atoms with Gasteiger partial charge >= 0.3 is 0 Å². The molecular weight excluding hydrogens is 388 g/mol. The van der Waals surface area contributed by atoms with Crippen LogP contribution in [0.25, 0.3) is 11.5 Å². The summed E-state index contributed by atoms with van der Waals surface area (Å²) in [6.07, 6.45) is 1.44. The van der Waals surface area contributed by atoms with Gasteiger partial charge in [0.2, 0.25) is 15.9 Å². The fraction of sp³-hybridized carbons (Fsp3) is 0.500. The fourth-order valence-corrected chi connectivity index (χ4v) is 7.15. The van der Waals surface area contributed by atoms with E-state index in [1.807, 2.05) is 30.3 Å². The third-order valence-corrected chi connectivity index (χ3v) is 8.90. The molecule has 0 amide bonds. The Morgan fingerprint density at radius 1 is 1.22 bits per heavy atom. The molecular formula is C18H22N2O5S2. The largest absolute Gasteiger partial charge is 0.441 e. The molecule has 1 saturated heterocycles. The lowest BCUT2D eigenvalue weighted by atomic mass is 10.1. The van der Waals surface area contributed by atoms with Gasteiger partial charge < -0.3 is 4.42 Å². The fourth-order valence-electron chi connectivity index (χ4n) is 3.66. The average molecular weight is 411 g/mol. The summed E-state index contributed by atoms with van der Waals surface area (Å²) >= 11 is 0. The summed E-state index contributed by atoms with van der Waals surface area (Å²) in [7, 11) is -6.43. The molecule has 0 radical (unpaired) electrons. The third kappa shape index (κ3) is 4.09. The van der Waals surface area contributed by atoms with Crippen LogP contribution in [0.5, 0.6) is 0 Å². The highest BCUT2D eigenvalue weighted by Crippen LogP contribution is 2.28. The number of nitrogens with zero attached hydrogens (tertiary/aromatic N) is 2. The Labute approximate surface area is 159 Å². The Hall–Kier alpha value is -1.71. The van der Waals surface area contributed by atoms with Gasteiger partial charge in [-0.15, -0.1) is 0 Å². The van der Waals surface area contributed by atoms with Gasteiger partial charge in [0.25, 0.3) is 0 Å². The van der Waals surface area contributed by atoms with Gasteiger partial charge in [0.15, 0.2) is 9.84 Å². The quantitative estimate of drug-likeness (QED) is 0.746. The lowest BCUT2D eigenvalue weighted by Crippen LogP contribution is -2.37. The molecule has 2 aromatic rings. The number of fused-ring (bicyclic) bond motifs is 1. The van der Waals surface area contributed by atoms with Crippen LogP contribution in [0.1, 0.15) is 24.3 Å². The summed E-state index contributed by atoms with van der Waals surface area (Å²) in [5.41, 5.74) is 1.52. The number of oxazole rings is 1. The van der Waals surface area contributed by atoms with Crippen LogP contribution >= 0.6 is 0 Å². The van der Waals surface area contributed by atoms with E-state index in [9.17, 15) is 16.8 Å². The number of hydrogen-bond acceptors (Lipinski definition) is 6. The number of rotatable bonds is 5. The number of benzene rings is 1. The highest BCUT2D eigenvalue weighted by Gasteiger charge is 2.33. The predicted molar refractivity (Wildman–Crippen MR) is 101 cm³/mol. The molecule has 1 aromatic carbocycles. The van der Waals surface area contributed by atoms with Crippen molar-refractivity contribution in [2.45, 2.75) is 25.8 Å². The maximum absolute atomic E-state index is 12.7. The van der Waals surface area contributed by atoms with Crippen molar-refractivity contribution in [3.8, 4) is 11.5 Å². The summed E-state index contributed by atoms with van der Waals surface area (Å²) in [4.78, 5) is 4.49. The Kier molecular flexibility index (Phi) is 4.85. The van der Waals surface area contributed by atoms with Crippen molar-refractivity contribution in [3.05, 3.63) is 41.8 Å². The minimum Gasteiger partial charge on any atom is -0.441 e. The van der Waals surface area contributed by atoms with Crippen molar-refractivity contribution in [3.63, 3.8) is 0 Å². The van der Waals surface area contributed by atoms with E-state index in [1.54, 1.807) is 0 Å². The molecule has 0 bridgehead atoms. The van der Waals surface area contributed by atoms with Crippen molar-refractivity contribution in [2.75, 3.05) is 23.8 Å². The Morgan fingerprint density at radius 2 is 2.00 bits per heavy atom. The van der Waals surface area contributed by atoms with E-state index in [0.717, 1.165) is 11.3 Å². The molecule has 0 aliphatic carbocycles. The van der Waals surface area contributed by atoms with E-state index in [4.69, 9.17) is 4.42 Å². The molecule has 0 N–H and O–H groups in total. The first-order chi connectivity index (χ1) is 12.8. The topological polar surface area (TPSA) is 97.5 Å². The van der Waals surface area contributed by atoms with Crippen molar-refractivity contribution in [1.82, 2.24) is 9.29 Å². The first-order valence-corrected chi connectivity index (χ1v) is 12.5. The van der Waals surface area contributed by atoms with E-state index in [1.165, 1.54) is 4.31 Å². The molecule has 1 fully saturated rings. The first kappa shape index (κ1) is 18.6. The maximum atomic E-state index is 12.7. The molecule has 4 rings (SSSR count). The van der Waals surface area contributed by atoms with E-state index in [-0.39, 0.29) is 29.7 Å². The molecule has 0 saturated carbocycles. The van der Waals surface area contributed by atoms with Crippen LogP contribution < -0.4 is 0 Å². The molecule has 9 heteroatoms. The minimum atomic E-state index is -3.45. The zero-order valence-electron chi connectivity index (χ0n) is 14.9. The van der Waals surface area contributed by atoms with Crippen LogP contribution in [0.4, 0.5) is 0 Å². The standard InChI is InChI=1S/C18H22N2O5S2/c21-26(22)10-7-14(13-26)8-11-27(23,24)20-9-6-17-16(12-20)19-18(25-17)15-4-2-1-3-5-15/h1-5,14H,6-13H2. The highest BCUT2D eigenvalue weighted by molar-refractivity contribution is 7.91. The summed E-state index contributed by atoms with van der Waals surface area (Å²) in [5.74, 6) is 1.45. The summed E-state index contributed by atoms with van der Waals surface area (Å²) < 4.78 is 55.8. The molecule has 146 valence electrons. The monoisotopic (exact) mass is 410 g/mol. The third-order valence-electron chi connectivity index (χ3n) is 5.22. The van der Waals surface area contributed by atoms with Gasteiger partial charge in [-0.1, -0.05) is 18.2 Å². The maximum Gasteiger partial charge on any atom is 0.226 e. The summed E-state index contributed by atoms with van der Waals surface area (Å²) in [6, 6.07) is 9.52. The summed E-state index contributed by atoms with van der Waals surface area (Å²) in [6.45, 7) is 0.568. The predicted octanol–water partition coefficient (Wildman–Crippen LogP) is 1.85. The minimum absolute atomic E-state index is 0.0219. The van der Waals surface area contributed by atoms with E-state index in [2.05, 4.69) is 4.98 Å². The van der Waals surface area contributed by atoms with Gasteiger partial charge in [0, 0.05) is 18.5 Å². The number of sulfonamides is 1. The molecule has 1 unspecified atom stereocenters. The highest BCUT2D eigenvalue weighted by atomic mass is 32.2. The van der Waals surface area contributed by atoms with Gasteiger partial charge in [0.05, 0.1) is 29.5 Å². The number of aromatic nitrogens is 1. The molecule has 7 nitrogen and oxygen atoms in total. The molecule has 0 spiro atoms. The molecule has 2 aliphatic heterocycles. The Morgan fingerprint density at radius 3 is 2.70 bits per heavy atom. The summed E-state index contributed by atoms with van der Waals surface area (Å²) in [5, 5.41) is 0. The smallest absolute Gasteiger partial charge is 0.226 e.